The maximum absolute atomic E-state index is 12.8. The lowest BCUT2D eigenvalue weighted by molar-refractivity contribution is -0.142. The molecule has 34 heavy (non-hydrogen) atoms. The average molecular weight is 470 g/mol. The Morgan fingerprint density at radius 3 is 2.79 bits per heavy atom. The van der Waals surface area contributed by atoms with E-state index in [2.05, 4.69) is 61.0 Å². The van der Waals surface area contributed by atoms with Crippen LogP contribution in [0.4, 0.5) is 19.0 Å². The first-order valence-electron chi connectivity index (χ1n) is 11.6. The van der Waals surface area contributed by atoms with Crippen molar-refractivity contribution in [3.05, 3.63) is 48.0 Å². The van der Waals surface area contributed by atoms with E-state index in [4.69, 9.17) is 0 Å². The van der Waals surface area contributed by atoms with Gasteiger partial charge >= 0.3 is 6.18 Å². The van der Waals surface area contributed by atoms with Gasteiger partial charge in [-0.3, -0.25) is 9.58 Å². The normalized spacial score (nSPS) is 21.6. The molecule has 0 aliphatic carbocycles. The number of H-pyrrole nitrogens is 1. The summed E-state index contributed by atoms with van der Waals surface area (Å²) in [6.07, 6.45) is 0.635. The fourth-order valence-corrected chi connectivity index (χ4v) is 5.68. The summed E-state index contributed by atoms with van der Waals surface area (Å²) in [6, 6.07) is 8.78. The summed E-state index contributed by atoms with van der Waals surface area (Å²) in [7, 11) is 0. The highest BCUT2D eigenvalue weighted by Crippen LogP contribution is 2.42. The molecule has 5 heterocycles. The molecule has 7 nitrogen and oxygen atoms in total. The first-order valence-corrected chi connectivity index (χ1v) is 11.6. The summed E-state index contributed by atoms with van der Waals surface area (Å²) in [4.78, 5) is 16.6. The summed E-state index contributed by atoms with van der Waals surface area (Å²) < 4.78 is 39.4. The summed E-state index contributed by atoms with van der Waals surface area (Å²) in [6.45, 7) is 5.58. The number of fused-ring (bicyclic) bond motifs is 2. The molecule has 0 saturated carbocycles. The van der Waals surface area contributed by atoms with Crippen LogP contribution in [0, 0.1) is 12.3 Å². The molecule has 1 unspecified atom stereocenters. The van der Waals surface area contributed by atoms with Gasteiger partial charge in [0.1, 0.15) is 18.7 Å². The van der Waals surface area contributed by atoms with Crippen molar-refractivity contribution in [1.29, 1.82) is 0 Å². The molecule has 2 fully saturated rings. The van der Waals surface area contributed by atoms with Crippen molar-refractivity contribution in [2.75, 3.05) is 31.1 Å². The molecule has 0 bridgehead atoms. The lowest BCUT2D eigenvalue weighted by atomic mass is 9.86. The number of alkyl halides is 3. The zero-order chi connectivity index (χ0) is 23.5. The van der Waals surface area contributed by atoms with Crippen molar-refractivity contribution in [2.45, 2.75) is 39.0 Å². The quantitative estimate of drug-likeness (QED) is 0.483. The zero-order valence-electron chi connectivity index (χ0n) is 18.9. The number of hydrogen-bond donors (Lipinski definition) is 1. The minimum absolute atomic E-state index is 0.173. The predicted molar refractivity (Wildman–Crippen MR) is 124 cm³/mol. The zero-order valence-corrected chi connectivity index (χ0v) is 18.9. The fraction of sp³-hybridized carbons (Fsp3) is 0.458. The van der Waals surface area contributed by atoms with Crippen molar-refractivity contribution < 1.29 is 13.2 Å². The van der Waals surface area contributed by atoms with Crippen LogP contribution < -0.4 is 4.90 Å². The second-order valence-corrected chi connectivity index (χ2v) is 9.88. The number of anilines is 1. The minimum Gasteiger partial charge on any atom is -0.359 e. The molecule has 1 atom stereocenters. The molecule has 6 rings (SSSR count). The van der Waals surface area contributed by atoms with E-state index >= 15 is 0 Å². The number of aromatic nitrogens is 5. The molecular formula is C24H26F3N7. The topological polar surface area (TPSA) is 65.9 Å². The lowest BCUT2D eigenvalue weighted by Crippen LogP contribution is -2.31. The number of hydrogen-bond acceptors (Lipinski definition) is 5. The van der Waals surface area contributed by atoms with E-state index in [1.807, 2.05) is 0 Å². The van der Waals surface area contributed by atoms with Crippen LogP contribution in [0.2, 0.25) is 0 Å². The highest BCUT2D eigenvalue weighted by atomic mass is 19.4. The highest BCUT2D eigenvalue weighted by molar-refractivity contribution is 5.86. The summed E-state index contributed by atoms with van der Waals surface area (Å²) in [5, 5.41) is 5.82. The fourth-order valence-electron chi connectivity index (χ4n) is 5.68. The summed E-state index contributed by atoms with van der Waals surface area (Å²) in [5.74, 6) is 0.682. The molecule has 1 aromatic carbocycles. The molecule has 2 aliphatic rings. The van der Waals surface area contributed by atoms with Gasteiger partial charge in [-0.25, -0.2) is 9.97 Å². The third-order valence-electron chi connectivity index (χ3n) is 7.17. The van der Waals surface area contributed by atoms with Crippen LogP contribution in [0.3, 0.4) is 0 Å². The Morgan fingerprint density at radius 1 is 1.09 bits per heavy atom. The molecule has 178 valence electrons. The molecule has 2 saturated heterocycles. The van der Waals surface area contributed by atoms with Gasteiger partial charge in [0.15, 0.2) is 5.65 Å². The van der Waals surface area contributed by atoms with E-state index in [9.17, 15) is 13.2 Å². The number of rotatable bonds is 4. The molecule has 2 aliphatic heterocycles. The number of nitrogens with one attached hydrogen (secondary N) is 1. The van der Waals surface area contributed by atoms with Gasteiger partial charge in [0, 0.05) is 49.0 Å². The number of nitrogens with zero attached hydrogens (tertiary/aromatic N) is 6. The van der Waals surface area contributed by atoms with E-state index in [0.717, 1.165) is 50.2 Å². The average Bonchev–Trinajstić information content (AvgIpc) is 3.52. The maximum Gasteiger partial charge on any atom is 0.408 e. The summed E-state index contributed by atoms with van der Waals surface area (Å²) >= 11 is 0. The van der Waals surface area contributed by atoms with Crippen molar-refractivity contribution in [3.8, 4) is 0 Å². The maximum atomic E-state index is 12.8. The third kappa shape index (κ3) is 4.00. The van der Waals surface area contributed by atoms with Gasteiger partial charge in [-0.1, -0.05) is 12.1 Å². The second kappa shape index (κ2) is 7.69. The number of aryl methyl sites for hydroxylation is 1. The summed E-state index contributed by atoms with van der Waals surface area (Å²) in [5.41, 5.74) is 4.12. The van der Waals surface area contributed by atoms with Crippen LogP contribution in [-0.2, 0) is 13.1 Å². The molecule has 0 amide bonds. The standard InChI is InChI=1S/C24H26F3N7/c1-16-8-18-3-2-17(9-20(18)30-16)10-32-6-4-23(12-32)5-7-33(13-23)22-19-11-34(14-24(25,26)27)31-21(19)28-15-29-22/h2-3,8-9,11,15,30H,4-7,10,12-14H2,1H3. The number of benzene rings is 1. The molecule has 1 spiro atoms. The molecular weight excluding hydrogens is 443 g/mol. The SMILES string of the molecule is Cc1cc2ccc(CN3CCC4(CCN(c5ncnc6nn(CC(F)(F)F)cc56)C4)C3)cc2[nH]1. The first-order chi connectivity index (χ1) is 16.3. The van der Waals surface area contributed by atoms with Crippen molar-refractivity contribution in [3.63, 3.8) is 0 Å². The molecule has 1 N–H and O–H groups in total. The van der Waals surface area contributed by atoms with Crippen LogP contribution in [0.25, 0.3) is 21.9 Å². The molecule has 10 heteroatoms. The van der Waals surface area contributed by atoms with E-state index in [0.29, 0.717) is 16.9 Å². The van der Waals surface area contributed by atoms with Crippen molar-refractivity contribution >= 4 is 27.8 Å². The number of likely N-dealkylation sites (tertiary alicyclic amines) is 1. The Bertz CT molecular complexity index is 1360. The van der Waals surface area contributed by atoms with Gasteiger partial charge in [0.25, 0.3) is 0 Å². The van der Waals surface area contributed by atoms with Gasteiger partial charge in [0.2, 0.25) is 0 Å². The van der Waals surface area contributed by atoms with E-state index in [1.165, 1.54) is 34.7 Å². The monoisotopic (exact) mass is 469 g/mol. The Morgan fingerprint density at radius 2 is 1.94 bits per heavy atom. The Hall–Kier alpha value is -3.14. The van der Waals surface area contributed by atoms with Crippen LogP contribution >= 0.6 is 0 Å². The highest BCUT2D eigenvalue weighted by Gasteiger charge is 2.44. The van der Waals surface area contributed by atoms with Gasteiger partial charge in [-0.05, 0) is 49.4 Å². The van der Waals surface area contributed by atoms with Gasteiger partial charge in [0.05, 0.1) is 5.39 Å². The van der Waals surface area contributed by atoms with E-state index in [-0.39, 0.29) is 5.41 Å². The van der Waals surface area contributed by atoms with E-state index in [1.54, 1.807) is 0 Å². The van der Waals surface area contributed by atoms with Gasteiger partial charge in [-0.2, -0.15) is 18.3 Å². The van der Waals surface area contributed by atoms with Crippen molar-refractivity contribution in [1.82, 2.24) is 29.6 Å². The van der Waals surface area contributed by atoms with Gasteiger partial charge < -0.3 is 9.88 Å². The minimum atomic E-state index is -4.33. The van der Waals surface area contributed by atoms with Crippen LogP contribution in [-0.4, -0.2) is 62.0 Å². The largest absolute Gasteiger partial charge is 0.408 e. The lowest BCUT2D eigenvalue weighted by Gasteiger charge is -2.25. The predicted octanol–water partition coefficient (Wildman–Crippen LogP) is 4.28. The van der Waals surface area contributed by atoms with Crippen LogP contribution in [0.1, 0.15) is 24.1 Å². The first kappa shape index (κ1) is 21.4. The Balaban J connectivity index is 1.17. The Kier molecular flexibility index (Phi) is 4.84. The number of aromatic amines is 1. The molecule has 4 aromatic rings. The van der Waals surface area contributed by atoms with Crippen LogP contribution in [0.15, 0.2) is 36.8 Å². The molecule has 0 radical (unpaired) electrons. The molecule has 3 aromatic heterocycles. The van der Waals surface area contributed by atoms with Crippen LogP contribution in [0.5, 0.6) is 0 Å². The Labute approximate surface area is 194 Å². The second-order valence-electron chi connectivity index (χ2n) is 9.88. The third-order valence-corrected chi connectivity index (χ3v) is 7.17. The van der Waals surface area contributed by atoms with Gasteiger partial charge in [-0.15, -0.1) is 0 Å². The smallest absolute Gasteiger partial charge is 0.359 e. The number of halogens is 3. The van der Waals surface area contributed by atoms with Crippen molar-refractivity contribution in [2.24, 2.45) is 5.41 Å². The van der Waals surface area contributed by atoms with E-state index < -0.39 is 12.7 Å².